The van der Waals surface area contributed by atoms with Crippen molar-refractivity contribution in [2.75, 3.05) is 36.5 Å². The number of aromatic nitrogens is 1. The molecule has 0 atom stereocenters. The van der Waals surface area contributed by atoms with Crippen molar-refractivity contribution in [1.82, 2.24) is 4.98 Å². The first kappa shape index (κ1) is 26.2. The molecule has 0 bridgehead atoms. The van der Waals surface area contributed by atoms with Gasteiger partial charge in [0, 0.05) is 37.3 Å². The SMILES string of the molecule is CC#Cc1ncc(-c2cc(NC(=O)c3ccc(F)c(C(C)(F)F)c3)c(F)cc2C)cc1N1CCOCC1. The van der Waals surface area contributed by atoms with Crippen LogP contribution in [0.15, 0.2) is 42.6 Å². The highest BCUT2D eigenvalue weighted by atomic mass is 19.3. The normalized spacial score (nSPS) is 13.6. The molecule has 1 amide bonds. The molecule has 1 aliphatic heterocycles. The number of amides is 1. The van der Waals surface area contributed by atoms with Crippen molar-refractivity contribution in [3.05, 3.63) is 76.6 Å². The Morgan fingerprint density at radius 1 is 1.11 bits per heavy atom. The van der Waals surface area contributed by atoms with Crippen LogP contribution in [0, 0.1) is 30.4 Å². The van der Waals surface area contributed by atoms with Gasteiger partial charge in [-0.2, -0.15) is 0 Å². The Bertz CT molecular complexity index is 1400. The van der Waals surface area contributed by atoms with E-state index in [-0.39, 0.29) is 11.3 Å². The molecule has 0 saturated carbocycles. The molecule has 9 heteroatoms. The fourth-order valence-corrected chi connectivity index (χ4v) is 4.14. The summed E-state index contributed by atoms with van der Waals surface area (Å²) in [4.78, 5) is 19.4. The number of carbonyl (C=O) groups excluding carboxylic acids is 1. The average Bonchev–Trinajstić information content (AvgIpc) is 2.86. The highest BCUT2D eigenvalue weighted by Crippen LogP contribution is 2.33. The summed E-state index contributed by atoms with van der Waals surface area (Å²) in [6.45, 7) is 6.48. The van der Waals surface area contributed by atoms with E-state index in [1.807, 2.05) is 6.07 Å². The van der Waals surface area contributed by atoms with E-state index in [1.165, 1.54) is 12.1 Å². The maximum atomic E-state index is 14.8. The van der Waals surface area contributed by atoms with Crippen molar-refractivity contribution in [3.8, 4) is 23.0 Å². The number of aryl methyl sites for hydroxylation is 1. The van der Waals surface area contributed by atoms with Crippen LogP contribution in [0.5, 0.6) is 0 Å². The van der Waals surface area contributed by atoms with Gasteiger partial charge in [-0.15, -0.1) is 0 Å². The number of nitrogens with zero attached hydrogens (tertiary/aromatic N) is 2. The monoisotopic (exact) mass is 511 g/mol. The summed E-state index contributed by atoms with van der Waals surface area (Å²) >= 11 is 0. The molecule has 37 heavy (non-hydrogen) atoms. The van der Waals surface area contributed by atoms with Crippen LogP contribution < -0.4 is 10.2 Å². The zero-order valence-corrected chi connectivity index (χ0v) is 20.6. The predicted octanol–water partition coefficient (Wildman–Crippen LogP) is 5.91. The first-order valence-corrected chi connectivity index (χ1v) is 11.6. The molecule has 1 N–H and O–H groups in total. The molecule has 0 aliphatic carbocycles. The van der Waals surface area contributed by atoms with Crippen molar-refractivity contribution in [2.24, 2.45) is 0 Å². The van der Waals surface area contributed by atoms with Crippen LogP contribution in [0.4, 0.5) is 28.9 Å². The van der Waals surface area contributed by atoms with E-state index in [0.29, 0.717) is 55.6 Å². The second kappa shape index (κ2) is 10.6. The van der Waals surface area contributed by atoms with E-state index < -0.39 is 29.0 Å². The second-order valence-corrected chi connectivity index (χ2v) is 8.75. The van der Waals surface area contributed by atoms with Crippen LogP contribution >= 0.6 is 0 Å². The Balaban J connectivity index is 1.70. The first-order valence-electron chi connectivity index (χ1n) is 11.6. The van der Waals surface area contributed by atoms with E-state index in [4.69, 9.17) is 4.74 Å². The fourth-order valence-electron chi connectivity index (χ4n) is 4.14. The van der Waals surface area contributed by atoms with Gasteiger partial charge in [0.15, 0.2) is 0 Å². The molecule has 3 aromatic rings. The summed E-state index contributed by atoms with van der Waals surface area (Å²) < 4.78 is 61.6. The fraction of sp³-hybridized carbons (Fsp3) is 0.286. The second-order valence-electron chi connectivity index (χ2n) is 8.75. The van der Waals surface area contributed by atoms with Gasteiger partial charge < -0.3 is 15.0 Å². The number of pyridine rings is 1. The number of carbonyl (C=O) groups is 1. The van der Waals surface area contributed by atoms with Crippen LogP contribution in [0.25, 0.3) is 11.1 Å². The molecule has 0 spiro atoms. The van der Waals surface area contributed by atoms with Crippen molar-refractivity contribution in [1.29, 1.82) is 0 Å². The van der Waals surface area contributed by atoms with Gasteiger partial charge in [-0.05, 0) is 67.3 Å². The average molecular weight is 512 g/mol. The number of rotatable bonds is 5. The van der Waals surface area contributed by atoms with E-state index in [9.17, 15) is 22.4 Å². The Labute approximate surface area is 212 Å². The first-order chi connectivity index (χ1) is 17.6. The van der Waals surface area contributed by atoms with Gasteiger partial charge in [-0.1, -0.05) is 5.92 Å². The molecule has 0 unspecified atom stereocenters. The van der Waals surface area contributed by atoms with Gasteiger partial charge in [0.05, 0.1) is 30.2 Å². The predicted molar refractivity (Wildman–Crippen MR) is 134 cm³/mol. The summed E-state index contributed by atoms with van der Waals surface area (Å²) in [5.74, 6) is -0.288. The standard InChI is InChI=1S/C28H25F4N3O2/c1-4-5-24-26(35-8-10-37-11-9-35)14-19(16-33-24)20-15-25(23(30)12-17(20)2)34-27(36)18-6-7-22(29)21(13-18)28(3,31)32/h6-7,12-16H,8-11H2,1-3H3,(H,34,36). The summed E-state index contributed by atoms with van der Waals surface area (Å²) in [7, 11) is 0. The molecule has 4 rings (SSSR count). The number of alkyl halides is 2. The minimum absolute atomic E-state index is 0.148. The molecule has 5 nitrogen and oxygen atoms in total. The number of morpholine rings is 1. The van der Waals surface area contributed by atoms with Crippen molar-refractivity contribution < 1.29 is 27.1 Å². The summed E-state index contributed by atoms with van der Waals surface area (Å²) in [5, 5.41) is 2.42. The molecule has 0 radical (unpaired) electrons. The molecule has 1 aromatic heterocycles. The molecule has 1 aliphatic rings. The zero-order chi connectivity index (χ0) is 26.7. The number of benzene rings is 2. The highest BCUT2D eigenvalue weighted by Gasteiger charge is 2.29. The van der Waals surface area contributed by atoms with Gasteiger partial charge in [0.2, 0.25) is 0 Å². The van der Waals surface area contributed by atoms with Gasteiger partial charge in [0.25, 0.3) is 11.8 Å². The lowest BCUT2D eigenvalue weighted by molar-refractivity contribution is 0.0137. The zero-order valence-electron chi connectivity index (χ0n) is 20.6. The number of hydrogen-bond acceptors (Lipinski definition) is 4. The van der Waals surface area contributed by atoms with Crippen molar-refractivity contribution in [2.45, 2.75) is 26.7 Å². The minimum Gasteiger partial charge on any atom is -0.378 e. The van der Waals surface area contributed by atoms with Gasteiger partial charge in [-0.25, -0.2) is 22.5 Å². The lowest BCUT2D eigenvalue weighted by Crippen LogP contribution is -2.36. The topological polar surface area (TPSA) is 54.5 Å². The van der Waals surface area contributed by atoms with Crippen molar-refractivity contribution >= 4 is 17.3 Å². The number of hydrogen-bond donors (Lipinski definition) is 1. The number of nitrogens with one attached hydrogen (secondary N) is 1. The molecule has 1 fully saturated rings. The lowest BCUT2D eigenvalue weighted by atomic mass is 9.99. The largest absolute Gasteiger partial charge is 0.378 e. The lowest BCUT2D eigenvalue weighted by Gasteiger charge is -2.29. The number of ether oxygens (including phenoxy) is 1. The Morgan fingerprint density at radius 2 is 1.84 bits per heavy atom. The van der Waals surface area contributed by atoms with Gasteiger partial charge in [0.1, 0.15) is 17.3 Å². The Kier molecular flexibility index (Phi) is 7.50. The minimum atomic E-state index is -3.48. The van der Waals surface area contributed by atoms with E-state index >= 15 is 0 Å². The Morgan fingerprint density at radius 3 is 2.51 bits per heavy atom. The Hall–Kier alpha value is -3.90. The van der Waals surface area contributed by atoms with Crippen LogP contribution in [0.1, 0.15) is 41.0 Å². The third-order valence-corrected chi connectivity index (χ3v) is 6.04. The maximum absolute atomic E-state index is 14.8. The smallest absolute Gasteiger partial charge is 0.273 e. The molecular formula is C28H25F4N3O2. The van der Waals surface area contributed by atoms with Crippen LogP contribution in [-0.4, -0.2) is 37.2 Å². The highest BCUT2D eigenvalue weighted by molar-refractivity contribution is 6.04. The molecule has 192 valence electrons. The van der Waals surface area contributed by atoms with E-state index in [0.717, 1.165) is 23.9 Å². The van der Waals surface area contributed by atoms with Crippen LogP contribution in [0.3, 0.4) is 0 Å². The van der Waals surface area contributed by atoms with E-state index in [2.05, 4.69) is 27.0 Å². The summed E-state index contributed by atoms with van der Waals surface area (Å²) in [5.41, 5.74) is 2.06. The van der Waals surface area contributed by atoms with E-state index in [1.54, 1.807) is 20.0 Å². The maximum Gasteiger partial charge on any atom is 0.273 e. The molecular weight excluding hydrogens is 486 g/mol. The van der Waals surface area contributed by atoms with Gasteiger partial charge >= 0.3 is 0 Å². The third-order valence-electron chi connectivity index (χ3n) is 6.04. The van der Waals surface area contributed by atoms with Gasteiger partial charge in [-0.3, -0.25) is 4.79 Å². The summed E-state index contributed by atoms with van der Waals surface area (Å²) in [6.07, 6.45) is 1.63. The van der Waals surface area contributed by atoms with Crippen molar-refractivity contribution in [3.63, 3.8) is 0 Å². The third kappa shape index (κ3) is 5.75. The molecule has 1 saturated heterocycles. The number of halogens is 4. The number of anilines is 2. The van der Waals surface area contributed by atoms with Crippen LogP contribution in [-0.2, 0) is 10.7 Å². The summed E-state index contributed by atoms with van der Waals surface area (Å²) in [6, 6.07) is 7.28. The molecule has 2 aromatic carbocycles. The van der Waals surface area contributed by atoms with Crippen LogP contribution in [0.2, 0.25) is 0 Å². The molecule has 2 heterocycles. The quantitative estimate of drug-likeness (QED) is 0.342.